The predicted octanol–water partition coefficient (Wildman–Crippen LogP) is 2.05. The lowest BCUT2D eigenvalue weighted by Crippen LogP contribution is -2.47. The van der Waals surface area contributed by atoms with Crippen LogP contribution < -0.4 is 10.5 Å². The van der Waals surface area contributed by atoms with Gasteiger partial charge < -0.3 is 15.2 Å². The Morgan fingerprint density at radius 2 is 2.29 bits per heavy atom. The van der Waals surface area contributed by atoms with Gasteiger partial charge in [-0.3, -0.25) is 14.9 Å². The summed E-state index contributed by atoms with van der Waals surface area (Å²) in [6, 6.07) is 4.13. The number of nitrogens with zero attached hydrogens (tertiary/aromatic N) is 1. The van der Waals surface area contributed by atoms with Gasteiger partial charge >= 0.3 is 5.97 Å². The molecule has 0 radical (unpaired) electrons. The molecule has 1 aliphatic rings. The van der Waals surface area contributed by atoms with Gasteiger partial charge in [-0.1, -0.05) is 11.6 Å². The Balaban J connectivity index is 2.05. The summed E-state index contributed by atoms with van der Waals surface area (Å²) in [6.45, 7) is 0. The molecule has 0 bridgehead atoms. The Hall–Kier alpha value is -1.86. The van der Waals surface area contributed by atoms with Crippen molar-refractivity contribution in [2.75, 3.05) is 7.11 Å². The summed E-state index contributed by atoms with van der Waals surface area (Å²) in [7, 11) is 1.29. The summed E-state index contributed by atoms with van der Waals surface area (Å²) in [6.07, 6.45) is 1.13. The largest absolute Gasteiger partial charge is 0.490 e. The zero-order chi connectivity index (χ0) is 15.6. The fraction of sp³-hybridized carbons (Fsp3) is 0.462. The predicted molar refractivity (Wildman–Crippen MR) is 75.3 cm³/mol. The van der Waals surface area contributed by atoms with Crippen LogP contribution in [0.25, 0.3) is 0 Å². The molecule has 2 atom stereocenters. The molecule has 21 heavy (non-hydrogen) atoms. The molecule has 7 nitrogen and oxygen atoms in total. The highest BCUT2D eigenvalue weighted by Crippen LogP contribution is 2.34. The average molecular weight is 315 g/mol. The summed E-state index contributed by atoms with van der Waals surface area (Å²) in [5.41, 5.74) is 4.76. The second kappa shape index (κ2) is 5.87. The third kappa shape index (κ3) is 3.25. The van der Waals surface area contributed by atoms with Crippen molar-refractivity contribution in [1.29, 1.82) is 0 Å². The van der Waals surface area contributed by atoms with E-state index in [1.54, 1.807) is 0 Å². The van der Waals surface area contributed by atoms with E-state index in [1.165, 1.54) is 25.3 Å². The van der Waals surface area contributed by atoms with Crippen LogP contribution in [0.4, 0.5) is 5.69 Å². The van der Waals surface area contributed by atoms with Crippen molar-refractivity contribution in [3.05, 3.63) is 33.3 Å². The highest BCUT2D eigenvalue weighted by atomic mass is 35.5. The Kier molecular flexibility index (Phi) is 4.34. The monoisotopic (exact) mass is 314 g/mol. The number of rotatable bonds is 4. The lowest BCUT2D eigenvalue weighted by molar-refractivity contribution is -0.384. The summed E-state index contributed by atoms with van der Waals surface area (Å²) >= 11 is 5.82. The Bertz CT molecular complexity index is 580. The molecule has 0 aliphatic heterocycles. The number of benzene rings is 1. The quantitative estimate of drug-likeness (QED) is 0.518. The zero-order valence-electron chi connectivity index (χ0n) is 11.4. The van der Waals surface area contributed by atoms with E-state index < -0.39 is 16.4 Å². The molecule has 0 aromatic heterocycles. The number of nitrogens with two attached hydrogens (primary N) is 1. The molecule has 1 aliphatic carbocycles. The average Bonchev–Trinajstić information content (AvgIpc) is 2.80. The van der Waals surface area contributed by atoms with E-state index in [9.17, 15) is 14.9 Å². The molecule has 0 spiro atoms. The first-order valence-electron chi connectivity index (χ1n) is 6.33. The highest BCUT2D eigenvalue weighted by molar-refractivity contribution is 6.32. The Morgan fingerprint density at radius 1 is 1.57 bits per heavy atom. The third-order valence-electron chi connectivity index (χ3n) is 3.51. The van der Waals surface area contributed by atoms with E-state index >= 15 is 0 Å². The number of carbonyl (C=O) groups excluding carboxylic acids is 1. The van der Waals surface area contributed by atoms with Crippen LogP contribution in [0.3, 0.4) is 0 Å². The molecule has 0 saturated heterocycles. The van der Waals surface area contributed by atoms with Crippen LogP contribution in [0.2, 0.25) is 5.02 Å². The molecule has 1 fully saturated rings. The van der Waals surface area contributed by atoms with E-state index in [0.29, 0.717) is 25.0 Å². The molecular formula is C13H15ClN2O5. The van der Waals surface area contributed by atoms with E-state index in [2.05, 4.69) is 4.74 Å². The fourth-order valence-corrected chi connectivity index (χ4v) is 2.66. The molecule has 2 rings (SSSR count). The lowest BCUT2D eigenvalue weighted by atomic mass is 10.00. The van der Waals surface area contributed by atoms with Gasteiger partial charge in [-0.2, -0.15) is 0 Å². The van der Waals surface area contributed by atoms with Crippen molar-refractivity contribution < 1.29 is 19.2 Å². The summed E-state index contributed by atoms with van der Waals surface area (Å²) in [5.74, 6) is -0.0555. The van der Waals surface area contributed by atoms with Crippen LogP contribution in [-0.2, 0) is 9.53 Å². The maximum atomic E-state index is 11.6. The van der Waals surface area contributed by atoms with Gasteiger partial charge in [-0.25, -0.2) is 0 Å². The SMILES string of the molecule is COC(=O)C1(N)CCC(Oc2ccc([N+](=O)[O-])c(Cl)c2)C1. The van der Waals surface area contributed by atoms with Crippen LogP contribution in [0, 0.1) is 10.1 Å². The van der Waals surface area contributed by atoms with E-state index in [0.717, 1.165) is 0 Å². The van der Waals surface area contributed by atoms with Crippen LogP contribution in [0.15, 0.2) is 18.2 Å². The maximum absolute atomic E-state index is 11.6. The second-order valence-corrected chi connectivity index (χ2v) is 5.41. The number of methoxy groups -OCH3 is 1. The van der Waals surface area contributed by atoms with Crippen molar-refractivity contribution in [3.63, 3.8) is 0 Å². The molecule has 114 valence electrons. The molecule has 0 heterocycles. The van der Waals surface area contributed by atoms with E-state index in [-0.39, 0.29) is 16.8 Å². The number of nitro groups is 1. The van der Waals surface area contributed by atoms with E-state index in [1.807, 2.05) is 0 Å². The minimum atomic E-state index is -1.04. The summed E-state index contributed by atoms with van der Waals surface area (Å²) < 4.78 is 10.4. The Morgan fingerprint density at radius 3 is 2.86 bits per heavy atom. The van der Waals surface area contributed by atoms with Crippen molar-refractivity contribution in [3.8, 4) is 5.75 Å². The van der Waals surface area contributed by atoms with Crippen molar-refractivity contribution >= 4 is 23.3 Å². The lowest BCUT2D eigenvalue weighted by Gasteiger charge is -2.20. The van der Waals surface area contributed by atoms with Gasteiger partial charge in [-0.05, 0) is 18.9 Å². The first-order valence-corrected chi connectivity index (χ1v) is 6.71. The summed E-state index contributed by atoms with van der Waals surface area (Å²) in [4.78, 5) is 21.7. The van der Waals surface area contributed by atoms with Gasteiger partial charge in [0.05, 0.1) is 12.0 Å². The number of hydrogen-bond donors (Lipinski definition) is 1. The topological polar surface area (TPSA) is 105 Å². The minimum absolute atomic E-state index is 0.00229. The smallest absolute Gasteiger partial charge is 0.325 e. The van der Waals surface area contributed by atoms with Gasteiger partial charge in [0.1, 0.15) is 22.4 Å². The van der Waals surface area contributed by atoms with E-state index in [4.69, 9.17) is 22.1 Å². The van der Waals surface area contributed by atoms with Gasteiger partial charge in [0.15, 0.2) is 0 Å². The number of esters is 1. The number of hydrogen-bond acceptors (Lipinski definition) is 6. The van der Waals surface area contributed by atoms with Gasteiger partial charge in [0, 0.05) is 18.6 Å². The standard InChI is InChI=1S/C13H15ClN2O5/c1-20-12(17)13(15)5-4-9(7-13)21-8-2-3-11(16(18)19)10(14)6-8/h2-3,6,9H,4-5,7,15H2,1H3. The minimum Gasteiger partial charge on any atom is -0.490 e. The van der Waals surface area contributed by atoms with Crippen LogP contribution in [-0.4, -0.2) is 29.6 Å². The van der Waals surface area contributed by atoms with Crippen LogP contribution >= 0.6 is 11.6 Å². The molecule has 0 amide bonds. The second-order valence-electron chi connectivity index (χ2n) is 5.00. The number of carbonyl (C=O) groups is 1. The zero-order valence-corrected chi connectivity index (χ0v) is 12.1. The number of halogens is 1. The molecule has 1 aromatic rings. The number of nitro benzene ring substituents is 1. The fourth-order valence-electron chi connectivity index (χ4n) is 2.42. The van der Waals surface area contributed by atoms with Crippen LogP contribution in [0.1, 0.15) is 19.3 Å². The highest BCUT2D eigenvalue weighted by Gasteiger charge is 2.44. The molecule has 1 saturated carbocycles. The first kappa shape index (κ1) is 15.5. The molecule has 2 N–H and O–H groups in total. The molecule has 8 heteroatoms. The molecule has 1 aromatic carbocycles. The first-order chi connectivity index (χ1) is 9.85. The Labute approximate surface area is 126 Å². The molecule has 2 unspecified atom stereocenters. The van der Waals surface area contributed by atoms with Gasteiger partial charge in [-0.15, -0.1) is 0 Å². The summed E-state index contributed by atoms with van der Waals surface area (Å²) in [5, 5.41) is 10.7. The van der Waals surface area contributed by atoms with Gasteiger partial charge in [0.2, 0.25) is 0 Å². The van der Waals surface area contributed by atoms with Crippen LogP contribution in [0.5, 0.6) is 5.75 Å². The van der Waals surface area contributed by atoms with Crippen molar-refractivity contribution in [2.24, 2.45) is 5.73 Å². The normalized spacial score (nSPS) is 24.6. The van der Waals surface area contributed by atoms with Crippen molar-refractivity contribution in [1.82, 2.24) is 0 Å². The van der Waals surface area contributed by atoms with Crippen molar-refractivity contribution in [2.45, 2.75) is 30.9 Å². The maximum Gasteiger partial charge on any atom is 0.325 e. The molecular weight excluding hydrogens is 300 g/mol. The third-order valence-corrected chi connectivity index (χ3v) is 3.82. The number of ether oxygens (including phenoxy) is 2. The van der Waals surface area contributed by atoms with Gasteiger partial charge in [0.25, 0.3) is 5.69 Å².